The third-order valence-electron chi connectivity index (χ3n) is 3.71. The molecule has 0 bridgehead atoms. The number of nitro benzene ring substituents is 1. The summed E-state index contributed by atoms with van der Waals surface area (Å²) in [6.45, 7) is 2.49. The molecule has 0 heterocycles. The van der Waals surface area contributed by atoms with Gasteiger partial charge in [-0.05, 0) is 45.8 Å². The van der Waals surface area contributed by atoms with Crippen LogP contribution in [-0.4, -0.2) is 17.7 Å². The highest BCUT2D eigenvalue weighted by Crippen LogP contribution is 2.31. The maximum atomic E-state index is 10.8. The highest BCUT2D eigenvalue weighted by molar-refractivity contribution is 9.10. The molecular weight excluding hydrogens is 384 g/mol. The van der Waals surface area contributed by atoms with Gasteiger partial charge in [0.1, 0.15) is 5.75 Å². The number of hydrogen-bond donors (Lipinski definition) is 0. The lowest BCUT2D eigenvalue weighted by molar-refractivity contribution is -0.384. The first-order chi connectivity index (χ1) is 12.1. The molecule has 0 aromatic heterocycles. The van der Waals surface area contributed by atoms with Crippen LogP contribution in [0.1, 0.15) is 12.5 Å². The molecule has 0 aliphatic heterocycles. The van der Waals surface area contributed by atoms with Crippen molar-refractivity contribution in [3.63, 3.8) is 0 Å². The Bertz CT molecular complexity index is 970. The maximum Gasteiger partial charge on any atom is 0.270 e. The van der Waals surface area contributed by atoms with E-state index < -0.39 is 4.92 Å². The number of nitrogens with zero attached hydrogens (tertiary/aromatic N) is 2. The van der Waals surface area contributed by atoms with E-state index >= 15 is 0 Å². The fraction of sp³-hybridized carbons (Fsp3) is 0.105. The van der Waals surface area contributed by atoms with E-state index in [9.17, 15) is 10.1 Å². The lowest BCUT2D eigenvalue weighted by Crippen LogP contribution is -1.97. The van der Waals surface area contributed by atoms with Crippen molar-refractivity contribution in [2.24, 2.45) is 4.99 Å². The van der Waals surface area contributed by atoms with Crippen LogP contribution in [0.25, 0.3) is 10.8 Å². The van der Waals surface area contributed by atoms with Crippen LogP contribution in [0.3, 0.4) is 0 Å². The quantitative estimate of drug-likeness (QED) is 0.316. The SMILES string of the molecule is CCOc1ccc2ccccc2c1C=Nc1ccc([N+](=O)[O-])cc1Br. The minimum Gasteiger partial charge on any atom is -0.493 e. The van der Waals surface area contributed by atoms with Gasteiger partial charge in [-0.2, -0.15) is 0 Å². The molecule has 0 atom stereocenters. The second-order valence-electron chi connectivity index (χ2n) is 5.28. The summed E-state index contributed by atoms with van der Waals surface area (Å²) in [5.74, 6) is 0.753. The Hall–Kier alpha value is -2.73. The van der Waals surface area contributed by atoms with Crippen LogP contribution in [-0.2, 0) is 0 Å². The average Bonchev–Trinajstić information content (AvgIpc) is 2.61. The fourth-order valence-electron chi connectivity index (χ4n) is 2.54. The summed E-state index contributed by atoms with van der Waals surface area (Å²) in [5.41, 5.74) is 1.51. The number of benzene rings is 3. The minimum absolute atomic E-state index is 0.0194. The van der Waals surface area contributed by atoms with Crippen molar-refractivity contribution in [3.8, 4) is 5.75 Å². The standard InChI is InChI=1S/C19H15BrN2O3/c1-2-25-19-10-7-13-5-3-4-6-15(13)16(19)12-21-18-9-8-14(22(23)24)11-17(18)20/h3-12H,2H2,1H3. The third kappa shape index (κ3) is 3.69. The molecule has 3 aromatic rings. The largest absolute Gasteiger partial charge is 0.493 e. The van der Waals surface area contributed by atoms with Crippen LogP contribution in [0.2, 0.25) is 0 Å². The summed E-state index contributed by atoms with van der Waals surface area (Å²) in [5, 5.41) is 13.0. The van der Waals surface area contributed by atoms with Crippen LogP contribution < -0.4 is 4.74 Å². The van der Waals surface area contributed by atoms with Crippen molar-refractivity contribution in [2.45, 2.75) is 6.92 Å². The number of fused-ring (bicyclic) bond motifs is 1. The number of halogens is 1. The van der Waals surface area contributed by atoms with Crippen LogP contribution in [0.4, 0.5) is 11.4 Å². The van der Waals surface area contributed by atoms with E-state index in [1.807, 2.05) is 43.3 Å². The molecule has 3 rings (SSSR count). The Balaban J connectivity index is 2.06. The summed E-state index contributed by atoms with van der Waals surface area (Å²) in [7, 11) is 0. The van der Waals surface area contributed by atoms with Gasteiger partial charge >= 0.3 is 0 Å². The molecule has 0 unspecified atom stereocenters. The number of aliphatic imine (C=N–C) groups is 1. The fourth-order valence-corrected chi connectivity index (χ4v) is 3.01. The molecule has 126 valence electrons. The Labute approximate surface area is 153 Å². The number of ether oxygens (including phenoxy) is 1. The van der Waals surface area contributed by atoms with Gasteiger partial charge in [-0.25, -0.2) is 0 Å². The van der Waals surface area contributed by atoms with Gasteiger partial charge < -0.3 is 4.74 Å². The molecule has 0 aliphatic carbocycles. The smallest absolute Gasteiger partial charge is 0.270 e. The first kappa shape index (κ1) is 17.1. The van der Waals surface area contributed by atoms with E-state index in [4.69, 9.17) is 4.74 Å². The second kappa shape index (κ2) is 7.44. The molecule has 0 N–H and O–H groups in total. The monoisotopic (exact) mass is 398 g/mol. The molecule has 25 heavy (non-hydrogen) atoms. The van der Waals surface area contributed by atoms with Crippen molar-refractivity contribution in [1.29, 1.82) is 0 Å². The molecule has 0 amide bonds. The Kier molecular flexibility index (Phi) is 5.09. The Morgan fingerprint density at radius 3 is 2.72 bits per heavy atom. The van der Waals surface area contributed by atoms with E-state index in [0.29, 0.717) is 16.8 Å². The Morgan fingerprint density at radius 2 is 2.00 bits per heavy atom. The van der Waals surface area contributed by atoms with E-state index in [1.54, 1.807) is 12.3 Å². The van der Waals surface area contributed by atoms with Crippen LogP contribution in [0.5, 0.6) is 5.75 Å². The van der Waals surface area contributed by atoms with Gasteiger partial charge in [0, 0.05) is 28.4 Å². The molecule has 5 nitrogen and oxygen atoms in total. The highest BCUT2D eigenvalue weighted by atomic mass is 79.9. The molecular formula is C19H15BrN2O3. The third-order valence-corrected chi connectivity index (χ3v) is 4.34. The molecule has 0 saturated carbocycles. The summed E-state index contributed by atoms with van der Waals surface area (Å²) in [6.07, 6.45) is 1.74. The van der Waals surface area contributed by atoms with Crippen molar-refractivity contribution in [1.82, 2.24) is 0 Å². The van der Waals surface area contributed by atoms with E-state index in [0.717, 1.165) is 22.1 Å². The molecule has 0 aliphatic rings. The van der Waals surface area contributed by atoms with Gasteiger partial charge in [0.15, 0.2) is 0 Å². The lowest BCUT2D eigenvalue weighted by Gasteiger charge is -2.10. The summed E-state index contributed by atoms with van der Waals surface area (Å²) in [6, 6.07) is 16.4. The number of rotatable bonds is 5. The summed E-state index contributed by atoms with van der Waals surface area (Å²) in [4.78, 5) is 14.9. The minimum atomic E-state index is -0.434. The molecule has 6 heteroatoms. The predicted molar refractivity (Wildman–Crippen MR) is 103 cm³/mol. The van der Waals surface area contributed by atoms with E-state index in [2.05, 4.69) is 20.9 Å². The average molecular weight is 399 g/mol. The van der Waals surface area contributed by atoms with Gasteiger partial charge in [0.25, 0.3) is 5.69 Å². The number of nitro groups is 1. The van der Waals surface area contributed by atoms with Gasteiger partial charge in [0.05, 0.1) is 17.2 Å². The van der Waals surface area contributed by atoms with Crippen molar-refractivity contribution in [2.75, 3.05) is 6.61 Å². The van der Waals surface area contributed by atoms with Crippen molar-refractivity contribution >= 4 is 44.3 Å². The zero-order chi connectivity index (χ0) is 17.8. The maximum absolute atomic E-state index is 10.8. The van der Waals surface area contributed by atoms with Gasteiger partial charge in [-0.3, -0.25) is 15.1 Å². The second-order valence-corrected chi connectivity index (χ2v) is 6.14. The first-order valence-electron chi connectivity index (χ1n) is 7.72. The molecule has 0 radical (unpaired) electrons. The van der Waals surface area contributed by atoms with Gasteiger partial charge in [0.2, 0.25) is 0 Å². The van der Waals surface area contributed by atoms with Crippen molar-refractivity contribution < 1.29 is 9.66 Å². The van der Waals surface area contributed by atoms with Crippen LogP contribution >= 0.6 is 15.9 Å². The van der Waals surface area contributed by atoms with Crippen molar-refractivity contribution in [3.05, 3.63) is 74.7 Å². The molecule has 0 saturated heterocycles. The summed E-state index contributed by atoms with van der Waals surface area (Å²) >= 11 is 3.34. The zero-order valence-corrected chi connectivity index (χ0v) is 15.1. The summed E-state index contributed by atoms with van der Waals surface area (Å²) < 4.78 is 6.29. The van der Waals surface area contributed by atoms with Gasteiger partial charge in [-0.1, -0.05) is 30.3 Å². The van der Waals surface area contributed by atoms with E-state index in [1.165, 1.54) is 12.1 Å². The van der Waals surface area contributed by atoms with E-state index in [-0.39, 0.29) is 5.69 Å². The topological polar surface area (TPSA) is 64.7 Å². The lowest BCUT2D eigenvalue weighted by atomic mass is 10.0. The molecule has 0 spiro atoms. The molecule has 3 aromatic carbocycles. The van der Waals surface area contributed by atoms with Crippen LogP contribution in [0.15, 0.2) is 64.1 Å². The first-order valence-corrected chi connectivity index (χ1v) is 8.52. The van der Waals surface area contributed by atoms with Gasteiger partial charge in [-0.15, -0.1) is 0 Å². The van der Waals surface area contributed by atoms with Crippen LogP contribution in [0, 0.1) is 10.1 Å². The normalized spacial score (nSPS) is 11.1. The number of hydrogen-bond acceptors (Lipinski definition) is 4. The predicted octanol–water partition coefficient (Wildman–Crippen LogP) is 5.66. The number of non-ortho nitro benzene ring substituents is 1. The molecule has 0 fully saturated rings. The highest BCUT2D eigenvalue weighted by Gasteiger charge is 2.10. The Morgan fingerprint density at radius 1 is 1.20 bits per heavy atom. The zero-order valence-electron chi connectivity index (χ0n) is 13.5.